The molecule has 44 heavy (non-hydrogen) atoms. The molecule has 0 saturated carbocycles. The molecule has 1 saturated heterocycles. The van der Waals surface area contributed by atoms with Crippen LogP contribution in [0.25, 0.3) is 6.08 Å². The van der Waals surface area contributed by atoms with Gasteiger partial charge in [0.1, 0.15) is 28.7 Å². The molecular weight excluding hydrogens is 554 g/mol. The average molecular weight is 586 g/mol. The summed E-state index contributed by atoms with van der Waals surface area (Å²) in [6, 6.07) is 23.6. The number of ketones is 3. The number of carbonyl (C=O) groups excluding carboxylic acids is 3. The fourth-order valence-corrected chi connectivity index (χ4v) is 7.47. The van der Waals surface area contributed by atoms with Gasteiger partial charge in [0.05, 0.1) is 27.4 Å². The maximum absolute atomic E-state index is 15.0. The second-order valence-corrected chi connectivity index (χ2v) is 11.5. The summed E-state index contributed by atoms with van der Waals surface area (Å²) in [5.74, 6) is -0.253. The van der Waals surface area contributed by atoms with Crippen molar-refractivity contribution in [3.63, 3.8) is 0 Å². The first kappa shape index (κ1) is 27.7. The van der Waals surface area contributed by atoms with E-state index < -0.39 is 23.4 Å². The Morgan fingerprint density at radius 1 is 0.773 bits per heavy atom. The van der Waals surface area contributed by atoms with Crippen LogP contribution < -0.4 is 19.1 Å². The Morgan fingerprint density at radius 2 is 1.48 bits per heavy atom. The second-order valence-electron chi connectivity index (χ2n) is 11.5. The number of ether oxygens (including phenoxy) is 3. The second kappa shape index (κ2) is 10.2. The van der Waals surface area contributed by atoms with Gasteiger partial charge in [-0.25, -0.2) is 0 Å². The van der Waals surface area contributed by atoms with E-state index in [0.717, 1.165) is 16.8 Å². The molecule has 4 aromatic carbocycles. The number of benzene rings is 4. The number of fused-ring (bicyclic) bond motifs is 5. The van der Waals surface area contributed by atoms with Crippen molar-refractivity contribution in [2.75, 3.05) is 26.2 Å². The van der Waals surface area contributed by atoms with Crippen LogP contribution in [0.5, 0.6) is 17.2 Å². The molecule has 1 aliphatic carbocycles. The van der Waals surface area contributed by atoms with Gasteiger partial charge in [-0.1, -0.05) is 60.2 Å². The van der Waals surface area contributed by atoms with Crippen LogP contribution in [0.3, 0.4) is 0 Å². The number of aryl methyl sites for hydroxylation is 1. The van der Waals surface area contributed by atoms with E-state index in [-0.39, 0.29) is 17.3 Å². The van der Waals surface area contributed by atoms with Crippen molar-refractivity contribution >= 4 is 29.1 Å². The molecular formula is C37H31NO6. The zero-order valence-electron chi connectivity index (χ0n) is 24.9. The largest absolute Gasteiger partial charge is 0.497 e. The Bertz CT molecular complexity index is 1860. The topological polar surface area (TPSA) is 82.1 Å². The fourth-order valence-electron chi connectivity index (χ4n) is 7.47. The van der Waals surface area contributed by atoms with E-state index in [1.165, 1.54) is 0 Å². The van der Waals surface area contributed by atoms with E-state index in [0.29, 0.717) is 39.5 Å². The van der Waals surface area contributed by atoms with Gasteiger partial charge in [0, 0.05) is 33.9 Å². The summed E-state index contributed by atoms with van der Waals surface area (Å²) in [4.78, 5) is 46.8. The highest BCUT2D eigenvalue weighted by Crippen LogP contribution is 2.62. The van der Waals surface area contributed by atoms with Gasteiger partial charge in [-0.05, 0) is 55.0 Å². The van der Waals surface area contributed by atoms with Crippen LogP contribution in [0.4, 0.5) is 5.69 Å². The third kappa shape index (κ3) is 3.71. The predicted molar refractivity (Wildman–Crippen MR) is 167 cm³/mol. The van der Waals surface area contributed by atoms with Crippen LogP contribution >= 0.6 is 0 Å². The number of rotatable bonds is 6. The standard InChI is InChI=1S/C37H31NO6/c1-21-12-15-29-22(18-21)13-17-31-37(35(40)26-10-5-6-11-27(26)36(37)41)32(28-20-25(43-3)14-16-30(28)44-4)33(38(29)31)34(39)23-8-7-9-24(19-23)42-2/h5-20,31-33H,1-4H3/t31?,32-,33+/m0/s1. The number of hydrogen-bond acceptors (Lipinski definition) is 7. The summed E-state index contributed by atoms with van der Waals surface area (Å²) in [5, 5.41) is 0. The molecule has 7 nitrogen and oxygen atoms in total. The van der Waals surface area contributed by atoms with Gasteiger partial charge in [-0.15, -0.1) is 0 Å². The van der Waals surface area contributed by atoms with E-state index in [1.807, 2.05) is 42.2 Å². The first-order valence-electron chi connectivity index (χ1n) is 14.5. The lowest BCUT2D eigenvalue weighted by Crippen LogP contribution is -2.48. The summed E-state index contributed by atoms with van der Waals surface area (Å²) in [7, 11) is 4.65. The third-order valence-electron chi connectivity index (χ3n) is 9.35. The molecule has 0 radical (unpaired) electrons. The minimum atomic E-state index is -1.65. The van der Waals surface area contributed by atoms with Gasteiger partial charge in [0.2, 0.25) is 0 Å². The number of carbonyl (C=O) groups is 3. The van der Waals surface area contributed by atoms with E-state index in [4.69, 9.17) is 14.2 Å². The minimum Gasteiger partial charge on any atom is -0.497 e. The van der Waals surface area contributed by atoms with Gasteiger partial charge in [0.15, 0.2) is 17.3 Å². The van der Waals surface area contributed by atoms with E-state index in [1.54, 1.807) is 88.1 Å². The lowest BCUT2D eigenvalue weighted by atomic mass is 9.64. The maximum atomic E-state index is 15.0. The van der Waals surface area contributed by atoms with Gasteiger partial charge in [0.25, 0.3) is 0 Å². The Balaban J connectivity index is 1.58. The molecule has 2 aliphatic heterocycles. The van der Waals surface area contributed by atoms with Crippen molar-refractivity contribution in [1.29, 1.82) is 0 Å². The van der Waals surface area contributed by atoms with Crippen LogP contribution in [0.1, 0.15) is 53.7 Å². The molecule has 220 valence electrons. The Labute approximate surface area is 255 Å². The molecule has 0 N–H and O–H groups in total. The molecule has 3 aliphatic rings. The number of nitrogens with zero attached hydrogens (tertiary/aromatic N) is 1. The normalized spacial score (nSPS) is 20.7. The number of hydrogen-bond donors (Lipinski definition) is 0. The molecule has 2 heterocycles. The van der Waals surface area contributed by atoms with Crippen LogP contribution in [0, 0.1) is 12.3 Å². The predicted octanol–water partition coefficient (Wildman–Crippen LogP) is 6.34. The van der Waals surface area contributed by atoms with Crippen molar-refractivity contribution in [2.24, 2.45) is 5.41 Å². The SMILES string of the molecule is COc1cccc(C(=O)[C@H]2[C@H](c3cc(OC)ccc3OC)C3(C(=O)c4ccccc4C3=O)C3C=Cc4cc(C)ccc4N32)c1. The summed E-state index contributed by atoms with van der Waals surface area (Å²) in [5.41, 5.74) is 2.79. The Morgan fingerprint density at radius 3 is 2.16 bits per heavy atom. The summed E-state index contributed by atoms with van der Waals surface area (Å²) in [6.45, 7) is 2.01. The van der Waals surface area contributed by atoms with Crippen molar-refractivity contribution in [1.82, 2.24) is 0 Å². The number of Topliss-reactive ketones (excluding diaryl/α,β-unsaturated/α-hetero) is 3. The fraction of sp³-hybridized carbons (Fsp3) is 0.216. The van der Waals surface area contributed by atoms with Crippen molar-refractivity contribution < 1.29 is 28.6 Å². The first-order chi connectivity index (χ1) is 21.3. The molecule has 7 rings (SSSR count). The quantitative estimate of drug-likeness (QED) is 0.193. The highest BCUT2D eigenvalue weighted by Gasteiger charge is 2.72. The third-order valence-corrected chi connectivity index (χ3v) is 9.35. The first-order valence-corrected chi connectivity index (χ1v) is 14.5. The van der Waals surface area contributed by atoms with Gasteiger partial charge in [-0.2, -0.15) is 0 Å². The molecule has 0 aromatic heterocycles. The molecule has 4 aromatic rings. The number of methoxy groups -OCH3 is 3. The minimum absolute atomic E-state index is 0.237. The lowest BCUT2D eigenvalue weighted by Gasteiger charge is -2.37. The zero-order valence-corrected chi connectivity index (χ0v) is 24.9. The lowest BCUT2D eigenvalue weighted by molar-refractivity contribution is 0.0664. The highest BCUT2D eigenvalue weighted by molar-refractivity contribution is 6.32. The molecule has 1 spiro atoms. The molecule has 1 unspecified atom stereocenters. The van der Waals surface area contributed by atoms with Crippen LogP contribution in [-0.2, 0) is 0 Å². The van der Waals surface area contributed by atoms with Crippen molar-refractivity contribution in [3.05, 3.63) is 124 Å². The van der Waals surface area contributed by atoms with Crippen LogP contribution in [0.2, 0.25) is 0 Å². The van der Waals surface area contributed by atoms with Gasteiger partial charge in [-0.3, -0.25) is 14.4 Å². The highest BCUT2D eigenvalue weighted by atomic mass is 16.5. The van der Waals surface area contributed by atoms with Crippen LogP contribution in [-0.4, -0.2) is 50.8 Å². The Hall–Kier alpha value is -5.17. The molecule has 0 bridgehead atoms. The Kier molecular flexibility index (Phi) is 6.43. The maximum Gasteiger partial charge on any atom is 0.186 e. The average Bonchev–Trinajstić information content (AvgIpc) is 3.49. The van der Waals surface area contributed by atoms with Crippen LogP contribution in [0.15, 0.2) is 91.0 Å². The summed E-state index contributed by atoms with van der Waals surface area (Å²) in [6.07, 6.45) is 3.88. The monoisotopic (exact) mass is 585 g/mol. The van der Waals surface area contributed by atoms with Gasteiger partial charge < -0.3 is 19.1 Å². The molecule has 1 fully saturated rings. The number of anilines is 1. The van der Waals surface area contributed by atoms with E-state index in [9.17, 15) is 14.4 Å². The molecule has 3 atom stereocenters. The van der Waals surface area contributed by atoms with E-state index in [2.05, 4.69) is 0 Å². The smallest absolute Gasteiger partial charge is 0.186 e. The van der Waals surface area contributed by atoms with Crippen molar-refractivity contribution in [3.8, 4) is 17.2 Å². The molecule has 0 amide bonds. The summed E-state index contributed by atoms with van der Waals surface area (Å²) < 4.78 is 17.0. The zero-order chi connectivity index (χ0) is 30.7. The summed E-state index contributed by atoms with van der Waals surface area (Å²) >= 11 is 0. The molecule has 7 heteroatoms. The van der Waals surface area contributed by atoms with E-state index >= 15 is 0 Å². The van der Waals surface area contributed by atoms with Crippen molar-refractivity contribution in [2.45, 2.75) is 24.9 Å². The van der Waals surface area contributed by atoms with Gasteiger partial charge >= 0.3 is 0 Å².